The van der Waals surface area contributed by atoms with Crippen molar-refractivity contribution in [1.29, 1.82) is 0 Å². The highest BCUT2D eigenvalue weighted by Crippen LogP contribution is 2.35. The van der Waals surface area contributed by atoms with Gasteiger partial charge in [-0.05, 0) is 33.7 Å². The smallest absolute Gasteiger partial charge is 0.204 e. The van der Waals surface area contributed by atoms with Gasteiger partial charge in [-0.15, -0.1) is 0 Å². The van der Waals surface area contributed by atoms with Crippen LogP contribution < -0.4 is 25.1 Å². The molecule has 0 spiro atoms. The molecule has 3 unspecified atom stereocenters. The lowest BCUT2D eigenvalue weighted by molar-refractivity contribution is 0.254. The number of rotatable bonds is 9. The van der Waals surface area contributed by atoms with E-state index in [9.17, 15) is 14.7 Å². The van der Waals surface area contributed by atoms with Crippen molar-refractivity contribution in [2.45, 2.75) is 18.3 Å². The number of aromatic hydroxyl groups is 1. The van der Waals surface area contributed by atoms with Crippen LogP contribution in [0.1, 0.15) is 0 Å². The van der Waals surface area contributed by atoms with Crippen molar-refractivity contribution in [3.63, 3.8) is 0 Å². The number of hydrogen-bond acceptors (Lipinski definition) is 11. The number of epoxide rings is 3. The molecule has 3 aliphatic rings. The second-order valence-corrected chi connectivity index (χ2v) is 13.6. The third-order valence-electron chi connectivity index (χ3n) is 9.73. The summed E-state index contributed by atoms with van der Waals surface area (Å²) in [5.74, 6) is 1.34. The molecule has 0 radical (unpaired) electrons. The van der Waals surface area contributed by atoms with Gasteiger partial charge in [0, 0.05) is 24.3 Å². The minimum atomic E-state index is -0.248. The highest BCUT2D eigenvalue weighted by Gasteiger charge is 2.27. The SMILES string of the molecule is O=c1c2c(O)cc(OCC3CO3)cc2oc2ccc3ccccc3c12.O=c1c2c(OCC3CO3)cc(OCC3CO3)cc2oc2ccc3ccccc3c12. The van der Waals surface area contributed by atoms with E-state index < -0.39 is 0 Å². The minimum absolute atomic E-state index is 0.0721. The zero-order chi connectivity index (χ0) is 36.3. The van der Waals surface area contributed by atoms with E-state index in [-0.39, 0.29) is 40.3 Å². The van der Waals surface area contributed by atoms with Crippen LogP contribution in [0.2, 0.25) is 0 Å². The van der Waals surface area contributed by atoms with Gasteiger partial charge in [-0.25, -0.2) is 0 Å². The largest absolute Gasteiger partial charge is 0.507 e. The molecule has 5 heterocycles. The maximum atomic E-state index is 13.5. The number of hydrogen-bond donors (Lipinski definition) is 1. The van der Waals surface area contributed by atoms with Crippen molar-refractivity contribution in [1.82, 2.24) is 0 Å². The summed E-state index contributed by atoms with van der Waals surface area (Å²) >= 11 is 0. The zero-order valence-corrected chi connectivity index (χ0v) is 28.7. The fourth-order valence-corrected chi connectivity index (χ4v) is 6.72. The Labute approximate surface area is 305 Å². The van der Waals surface area contributed by atoms with Gasteiger partial charge in [0.15, 0.2) is 0 Å². The second kappa shape index (κ2) is 13.1. The molecular formula is C43H32O11. The Morgan fingerprint density at radius 1 is 0.519 bits per heavy atom. The molecule has 6 aromatic carbocycles. The predicted octanol–water partition coefficient (Wildman–Crippen LogP) is 7.24. The Hall–Kier alpha value is -6.14. The fourth-order valence-electron chi connectivity index (χ4n) is 6.72. The Balaban J connectivity index is 0.000000135. The molecule has 0 aliphatic carbocycles. The van der Waals surface area contributed by atoms with Crippen LogP contribution >= 0.6 is 0 Å². The van der Waals surface area contributed by atoms with Gasteiger partial charge in [-0.1, -0.05) is 60.7 Å². The first-order valence-electron chi connectivity index (χ1n) is 17.7. The molecule has 11 nitrogen and oxygen atoms in total. The molecule has 0 saturated carbocycles. The van der Waals surface area contributed by atoms with Crippen LogP contribution in [0.4, 0.5) is 0 Å². The summed E-state index contributed by atoms with van der Waals surface area (Å²) in [6, 6.07) is 29.5. The highest BCUT2D eigenvalue weighted by atomic mass is 16.6. The van der Waals surface area contributed by atoms with Gasteiger partial charge < -0.3 is 42.4 Å². The summed E-state index contributed by atoms with van der Waals surface area (Å²) in [7, 11) is 0. The fraction of sp³-hybridized carbons (Fsp3) is 0.209. The first-order valence-corrected chi connectivity index (χ1v) is 17.7. The molecule has 0 amide bonds. The molecular weight excluding hydrogens is 692 g/mol. The summed E-state index contributed by atoms with van der Waals surface area (Å²) in [6.07, 6.45) is 0.306. The van der Waals surface area contributed by atoms with E-state index in [0.717, 1.165) is 21.5 Å². The van der Waals surface area contributed by atoms with Gasteiger partial charge >= 0.3 is 0 Å². The van der Waals surface area contributed by atoms with Gasteiger partial charge in [-0.3, -0.25) is 9.59 Å². The first kappa shape index (κ1) is 32.5. The van der Waals surface area contributed by atoms with E-state index in [2.05, 4.69) is 0 Å². The van der Waals surface area contributed by atoms with E-state index in [4.69, 9.17) is 37.3 Å². The van der Waals surface area contributed by atoms with E-state index in [0.29, 0.717) is 95.4 Å². The van der Waals surface area contributed by atoms with Crippen LogP contribution in [0.5, 0.6) is 23.0 Å². The molecule has 3 fully saturated rings. The third-order valence-corrected chi connectivity index (χ3v) is 9.73. The Morgan fingerprint density at radius 2 is 0.981 bits per heavy atom. The summed E-state index contributed by atoms with van der Waals surface area (Å²) in [5, 5.41) is 15.6. The molecule has 270 valence electrons. The molecule has 11 rings (SSSR count). The van der Waals surface area contributed by atoms with Crippen molar-refractivity contribution in [3.05, 3.63) is 118 Å². The Bertz CT molecular complexity index is 2880. The summed E-state index contributed by atoms with van der Waals surface area (Å²) < 4.78 is 45.0. The first-order chi connectivity index (χ1) is 26.5. The van der Waals surface area contributed by atoms with E-state index in [1.807, 2.05) is 66.7 Å². The molecule has 54 heavy (non-hydrogen) atoms. The van der Waals surface area contributed by atoms with Gasteiger partial charge in [0.25, 0.3) is 0 Å². The van der Waals surface area contributed by atoms with Gasteiger partial charge in [-0.2, -0.15) is 0 Å². The van der Waals surface area contributed by atoms with Crippen molar-refractivity contribution < 1.29 is 42.4 Å². The van der Waals surface area contributed by atoms with Crippen molar-refractivity contribution in [2.75, 3.05) is 39.6 Å². The van der Waals surface area contributed by atoms with E-state index >= 15 is 0 Å². The topological polar surface area (TPSA) is 146 Å². The lowest BCUT2D eigenvalue weighted by Crippen LogP contribution is -2.10. The molecule has 3 atom stereocenters. The number of benzene rings is 6. The van der Waals surface area contributed by atoms with Crippen LogP contribution in [0, 0.1) is 0 Å². The standard InChI is InChI=1S/C23H18O6.C20H14O5/c24-23-21-17-4-2-1-3-13(17)5-6-18(21)29-20-8-14(25-9-15-10-26-15)7-19(22(20)23)28-12-16-11-27-16;21-15-7-12(23-9-13-10-24-13)8-17-19(15)20(22)18-14-4-2-1-3-11(14)5-6-16(18)25-17/h1-8,15-16H,9-12H2;1-8,13,21H,9-10H2. The van der Waals surface area contributed by atoms with Crippen LogP contribution in [0.15, 0.2) is 115 Å². The van der Waals surface area contributed by atoms with Crippen molar-refractivity contribution >= 4 is 65.4 Å². The lowest BCUT2D eigenvalue weighted by Gasteiger charge is -2.12. The van der Waals surface area contributed by atoms with Gasteiger partial charge in [0.1, 0.15) is 94.2 Å². The van der Waals surface area contributed by atoms with Crippen LogP contribution in [0.3, 0.4) is 0 Å². The van der Waals surface area contributed by atoms with Crippen LogP contribution in [0.25, 0.3) is 65.4 Å². The number of phenols is 1. The average Bonchev–Trinajstić information content (AvgIpc) is 4.03. The molecule has 0 bridgehead atoms. The molecule has 2 aromatic heterocycles. The number of ether oxygens (including phenoxy) is 6. The molecule has 3 saturated heterocycles. The van der Waals surface area contributed by atoms with Crippen LogP contribution in [-0.2, 0) is 14.2 Å². The zero-order valence-electron chi connectivity index (χ0n) is 28.7. The van der Waals surface area contributed by atoms with Gasteiger partial charge in [0.05, 0.1) is 30.6 Å². The minimum Gasteiger partial charge on any atom is -0.507 e. The molecule has 8 aromatic rings. The summed E-state index contributed by atoms with van der Waals surface area (Å²) in [4.78, 5) is 26.6. The monoisotopic (exact) mass is 724 g/mol. The average molecular weight is 725 g/mol. The van der Waals surface area contributed by atoms with E-state index in [1.165, 1.54) is 6.07 Å². The third kappa shape index (κ3) is 6.21. The Kier molecular flexibility index (Phi) is 7.86. The number of fused-ring (bicyclic) bond motifs is 8. The summed E-state index contributed by atoms with van der Waals surface area (Å²) in [6.45, 7) is 3.33. The van der Waals surface area contributed by atoms with Crippen LogP contribution in [-0.4, -0.2) is 63.1 Å². The van der Waals surface area contributed by atoms with E-state index in [1.54, 1.807) is 24.3 Å². The molecule has 1 N–H and O–H groups in total. The van der Waals surface area contributed by atoms with Crippen molar-refractivity contribution in [3.8, 4) is 23.0 Å². The Morgan fingerprint density at radius 3 is 1.52 bits per heavy atom. The molecule has 3 aliphatic heterocycles. The highest BCUT2D eigenvalue weighted by molar-refractivity contribution is 6.10. The van der Waals surface area contributed by atoms with Crippen molar-refractivity contribution in [2.24, 2.45) is 0 Å². The maximum absolute atomic E-state index is 13.5. The predicted molar refractivity (Wildman–Crippen MR) is 202 cm³/mol. The lowest BCUT2D eigenvalue weighted by atomic mass is 10.0. The van der Waals surface area contributed by atoms with Gasteiger partial charge in [0.2, 0.25) is 10.9 Å². The normalized spacial score (nSPS) is 18.6. The molecule has 11 heteroatoms. The quantitative estimate of drug-likeness (QED) is 0.0914. The maximum Gasteiger partial charge on any atom is 0.204 e. The number of phenolic OH excluding ortho intramolecular Hbond substituents is 1. The second-order valence-electron chi connectivity index (χ2n) is 13.6. The summed E-state index contributed by atoms with van der Waals surface area (Å²) in [5.41, 5.74) is 1.42.